The zero-order valence-corrected chi connectivity index (χ0v) is 11.2. The van der Waals surface area contributed by atoms with Gasteiger partial charge in [-0.25, -0.2) is 0 Å². The molecule has 1 saturated carbocycles. The topological polar surface area (TPSA) is 17.1 Å². The zero-order chi connectivity index (χ0) is 11.5. The molecule has 0 bridgehead atoms. The lowest BCUT2D eigenvalue weighted by Gasteiger charge is -2.21. The van der Waals surface area contributed by atoms with Gasteiger partial charge >= 0.3 is 0 Å². The monoisotopic (exact) mass is 280 g/mol. The average molecular weight is 281 g/mol. The molecule has 2 heteroatoms. The lowest BCUT2D eigenvalue weighted by molar-refractivity contribution is -0.120. The molecule has 0 atom stereocenters. The van der Waals surface area contributed by atoms with Crippen LogP contribution in [0.3, 0.4) is 0 Å². The fourth-order valence-corrected chi connectivity index (χ4v) is 2.78. The predicted octanol–water partition coefficient (Wildman–Crippen LogP) is 4.06. The predicted molar refractivity (Wildman–Crippen MR) is 69.5 cm³/mol. The molecule has 0 saturated heterocycles. The number of halogens is 1. The minimum Gasteiger partial charge on any atom is -0.300 e. The molecule has 0 heterocycles. The minimum atomic E-state index is 0.446. The highest BCUT2D eigenvalue weighted by Gasteiger charge is 2.19. The molecule has 1 aliphatic carbocycles. The van der Waals surface area contributed by atoms with Gasteiger partial charge in [-0.3, -0.25) is 4.79 Å². The van der Waals surface area contributed by atoms with E-state index in [-0.39, 0.29) is 0 Å². The van der Waals surface area contributed by atoms with E-state index in [1.165, 1.54) is 11.1 Å². The molecule has 1 aliphatic rings. The fourth-order valence-electron chi connectivity index (χ4n) is 2.37. The van der Waals surface area contributed by atoms with Gasteiger partial charge in [0, 0.05) is 17.3 Å². The Hall–Kier alpha value is -0.630. The Bertz CT molecular complexity index is 388. The van der Waals surface area contributed by atoms with E-state index in [9.17, 15) is 4.79 Å². The second-order valence-electron chi connectivity index (χ2n) is 4.76. The second-order valence-corrected chi connectivity index (χ2v) is 5.67. The van der Waals surface area contributed by atoms with Crippen molar-refractivity contribution in [3.63, 3.8) is 0 Å². The number of carbonyl (C=O) groups is 1. The quantitative estimate of drug-likeness (QED) is 0.799. The van der Waals surface area contributed by atoms with Crippen molar-refractivity contribution < 1.29 is 4.79 Å². The first-order chi connectivity index (χ1) is 7.65. The van der Waals surface area contributed by atoms with Crippen LogP contribution in [0.25, 0.3) is 0 Å². The van der Waals surface area contributed by atoms with Crippen molar-refractivity contribution in [3.8, 4) is 0 Å². The van der Waals surface area contributed by atoms with Crippen LogP contribution in [-0.4, -0.2) is 5.78 Å². The highest BCUT2D eigenvalue weighted by atomic mass is 79.9. The first-order valence-electron chi connectivity index (χ1n) is 5.92. The van der Waals surface area contributed by atoms with Gasteiger partial charge in [0.05, 0.1) is 0 Å². The summed E-state index contributed by atoms with van der Waals surface area (Å²) in [5, 5.41) is 0. The summed E-state index contributed by atoms with van der Waals surface area (Å²) < 4.78 is 1.15. The molecule has 0 aromatic heterocycles. The fraction of sp³-hybridized carbons (Fsp3) is 0.500. The van der Waals surface area contributed by atoms with Gasteiger partial charge < -0.3 is 0 Å². The zero-order valence-electron chi connectivity index (χ0n) is 9.63. The van der Waals surface area contributed by atoms with Crippen LogP contribution >= 0.6 is 15.9 Å². The van der Waals surface area contributed by atoms with Crippen LogP contribution in [0.15, 0.2) is 22.7 Å². The number of rotatable bonds is 2. The Morgan fingerprint density at radius 2 is 2.00 bits per heavy atom. The van der Waals surface area contributed by atoms with Crippen molar-refractivity contribution in [2.24, 2.45) is 5.92 Å². The van der Waals surface area contributed by atoms with Crippen molar-refractivity contribution in [3.05, 3.63) is 33.8 Å². The lowest BCUT2D eigenvalue weighted by Crippen LogP contribution is -2.16. The molecule has 0 amide bonds. The van der Waals surface area contributed by atoms with Crippen molar-refractivity contribution >= 4 is 21.7 Å². The molecular weight excluding hydrogens is 264 g/mol. The van der Waals surface area contributed by atoms with Crippen molar-refractivity contribution in [2.45, 2.75) is 39.0 Å². The number of benzene rings is 1. The van der Waals surface area contributed by atoms with E-state index in [0.29, 0.717) is 11.7 Å². The van der Waals surface area contributed by atoms with Crippen LogP contribution in [0.5, 0.6) is 0 Å². The summed E-state index contributed by atoms with van der Waals surface area (Å²) in [7, 11) is 0. The van der Waals surface area contributed by atoms with E-state index < -0.39 is 0 Å². The van der Waals surface area contributed by atoms with Gasteiger partial charge in [-0.1, -0.05) is 22.0 Å². The Morgan fingerprint density at radius 1 is 1.31 bits per heavy atom. The van der Waals surface area contributed by atoms with Gasteiger partial charge in [0.1, 0.15) is 5.78 Å². The highest BCUT2D eigenvalue weighted by molar-refractivity contribution is 9.10. The maximum absolute atomic E-state index is 11.2. The molecule has 1 aromatic rings. The number of ketones is 1. The van der Waals surface area contributed by atoms with E-state index >= 15 is 0 Å². The van der Waals surface area contributed by atoms with Gasteiger partial charge in [0.25, 0.3) is 0 Å². The molecule has 1 aromatic carbocycles. The van der Waals surface area contributed by atoms with E-state index in [0.717, 1.165) is 36.6 Å². The molecule has 0 unspecified atom stereocenters. The minimum absolute atomic E-state index is 0.446. The van der Waals surface area contributed by atoms with E-state index in [4.69, 9.17) is 0 Å². The van der Waals surface area contributed by atoms with Crippen molar-refractivity contribution in [1.82, 2.24) is 0 Å². The third kappa shape index (κ3) is 2.94. The molecule has 0 spiro atoms. The molecule has 0 radical (unpaired) electrons. The Labute approximate surface area is 105 Å². The molecule has 86 valence electrons. The molecule has 1 fully saturated rings. The molecule has 0 aliphatic heterocycles. The van der Waals surface area contributed by atoms with Gasteiger partial charge in [-0.15, -0.1) is 0 Å². The first kappa shape index (κ1) is 11.8. The summed E-state index contributed by atoms with van der Waals surface area (Å²) >= 11 is 3.52. The SMILES string of the molecule is Cc1ccc(Br)cc1CC1CCC(=O)CC1. The van der Waals surface area contributed by atoms with Crippen LogP contribution in [0, 0.1) is 12.8 Å². The van der Waals surface area contributed by atoms with Crippen LogP contribution in [-0.2, 0) is 11.2 Å². The van der Waals surface area contributed by atoms with Gasteiger partial charge in [0.2, 0.25) is 0 Å². The van der Waals surface area contributed by atoms with Crippen molar-refractivity contribution in [2.75, 3.05) is 0 Å². The number of Topliss-reactive ketones (excluding diaryl/α,β-unsaturated/α-hetero) is 1. The van der Waals surface area contributed by atoms with Crippen LogP contribution < -0.4 is 0 Å². The summed E-state index contributed by atoms with van der Waals surface area (Å²) in [6.45, 7) is 2.16. The van der Waals surface area contributed by atoms with Gasteiger partial charge in [-0.05, 0) is 55.4 Å². The standard InChI is InChI=1S/C14H17BrO/c1-10-2-5-13(15)9-12(10)8-11-3-6-14(16)7-4-11/h2,5,9,11H,3-4,6-8H2,1H3. The normalized spacial score (nSPS) is 17.8. The number of hydrogen-bond donors (Lipinski definition) is 0. The number of aryl methyl sites for hydroxylation is 1. The molecule has 16 heavy (non-hydrogen) atoms. The average Bonchev–Trinajstić information content (AvgIpc) is 2.27. The summed E-state index contributed by atoms with van der Waals surface area (Å²) in [5.41, 5.74) is 2.79. The highest BCUT2D eigenvalue weighted by Crippen LogP contribution is 2.27. The van der Waals surface area contributed by atoms with Gasteiger partial charge in [-0.2, -0.15) is 0 Å². The smallest absolute Gasteiger partial charge is 0.132 e. The van der Waals surface area contributed by atoms with Gasteiger partial charge in [0.15, 0.2) is 0 Å². The molecular formula is C14H17BrO. The largest absolute Gasteiger partial charge is 0.300 e. The summed E-state index contributed by atoms with van der Waals surface area (Å²) in [4.78, 5) is 11.2. The third-order valence-corrected chi connectivity index (χ3v) is 3.98. The maximum atomic E-state index is 11.2. The Balaban J connectivity index is 2.03. The lowest BCUT2D eigenvalue weighted by atomic mass is 9.83. The van der Waals surface area contributed by atoms with E-state index in [1.54, 1.807) is 0 Å². The Kier molecular flexibility index (Phi) is 3.80. The third-order valence-electron chi connectivity index (χ3n) is 3.48. The first-order valence-corrected chi connectivity index (χ1v) is 6.71. The molecule has 0 N–H and O–H groups in total. The molecule has 1 nitrogen and oxygen atoms in total. The molecule has 2 rings (SSSR count). The second kappa shape index (κ2) is 5.13. The summed E-state index contributed by atoms with van der Waals surface area (Å²) in [5.74, 6) is 1.15. The van der Waals surface area contributed by atoms with E-state index in [2.05, 4.69) is 41.1 Å². The number of carbonyl (C=O) groups excluding carboxylic acids is 1. The maximum Gasteiger partial charge on any atom is 0.132 e. The van der Waals surface area contributed by atoms with Crippen LogP contribution in [0.4, 0.5) is 0 Å². The van der Waals surface area contributed by atoms with Crippen LogP contribution in [0.1, 0.15) is 36.8 Å². The van der Waals surface area contributed by atoms with Crippen LogP contribution in [0.2, 0.25) is 0 Å². The van der Waals surface area contributed by atoms with E-state index in [1.807, 2.05) is 0 Å². The number of hydrogen-bond acceptors (Lipinski definition) is 1. The van der Waals surface area contributed by atoms with Crippen molar-refractivity contribution in [1.29, 1.82) is 0 Å². The summed E-state index contributed by atoms with van der Waals surface area (Å²) in [6.07, 6.45) is 4.85. The Morgan fingerprint density at radius 3 is 2.69 bits per heavy atom. The summed E-state index contributed by atoms with van der Waals surface area (Å²) in [6, 6.07) is 6.46.